The smallest absolute Gasteiger partial charge is 0.191 e. The number of guanidine groups is 1. The van der Waals surface area contributed by atoms with E-state index < -0.39 is 0 Å². The third kappa shape index (κ3) is 5.64. The van der Waals surface area contributed by atoms with Gasteiger partial charge in [-0.15, -0.1) is 0 Å². The highest BCUT2D eigenvalue weighted by atomic mass is 19.1. The molecule has 5 heteroatoms. The van der Waals surface area contributed by atoms with Gasteiger partial charge >= 0.3 is 0 Å². The van der Waals surface area contributed by atoms with Crippen LogP contribution in [0.15, 0.2) is 29.3 Å². The number of hydrogen-bond acceptors (Lipinski definition) is 2. The Kier molecular flexibility index (Phi) is 6.65. The van der Waals surface area contributed by atoms with Crippen molar-refractivity contribution in [2.24, 2.45) is 10.9 Å². The first kappa shape index (κ1) is 16.7. The first-order valence-electron chi connectivity index (χ1n) is 8.08. The Morgan fingerprint density at radius 1 is 1.41 bits per heavy atom. The van der Waals surface area contributed by atoms with Gasteiger partial charge in [0.15, 0.2) is 5.96 Å². The van der Waals surface area contributed by atoms with Gasteiger partial charge in [-0.05, 0) is 43.0 Å². The Bertz CT molecular complexity index is 489. The van der Waals surface area contributed by atoms with Crippen LogP contribution in [0, 0.1) is 11.7 Å². The van der Waals surface area contributed by atoms with Gasteiger partial charge in [0, 0.05) is 33.2 Å². The molecule has 1 aliphatic rings. The SMILES string of the molecule is CN=C(NCCN1CCCC(C)C1)NCc1cccc(F)c1. The molecule has 1 aromatic rings. The lowest BCUT2D eigenvalue weighted by molar-refractivity contribution is 0.187. The van der Waals surface area contributed by atoms with Gasteiger partial charge in [0.2, 0.25) is 0 Å². The predicted octanol–water partition coefficient (Wildman–Crippen LogP) is 2.22. The molecule has 122 valence electrons. The van der Waals surface area contributed by atoms with Gasteiger partial charge in [0.25, 0.3) is 0 Å². The van der Waals surface area contributed by atoms with Crippen molar-refractivity contribution in [1.82, 2.24) is 15.5 Å². The molecule has 1 aromatic carbocycles. The van der Waals surface area contributed by atoms with E-state index in [1.807, 2.05) is 6.07 Å². The fourth-order valence-corrected chi connectivity index (χ4v) is 2.88. The van der Waals surface area contributed by atoms with Crippen LogP contribution in [0.5, 0.6) is 0 Å². The van der Waals surface area contributed by atoms with E-state index in [0.29, 0.717) is 6.54 Å². The lowest BCUT2D eigenvalue weighted by Crippen LogP contribution is -2.43. The average Bonchev–Trinajstić information content (AvgIpc) is 2.51. The Morgan fingerprint density at radius 2 is 2.27 bits per heavy atom. The summed E-state index contributed by atoms with van der Waals surface area (Å²) in [5.41, 5.74) is 0.910. The highest BCUT2D eigenvalue weighted by Crippen LogP contribution is 2.14. The fourth-order valence-electron chi connectivity index (χ4n) is 2.88. The van der Waals surface area contributed by atoms with Gasteiger partial charge in [-0.25, -0.2) is 4.39 Å². The summed E-state index contributed by atoms with van der Waals surface area (Å²) in [6, 6.07) is 6.62. The van der Waals surface area contributed by atoms with Crippen LogP contribution in [0.25, 0.3) is 0 Å². The second-order valence-corrected chi connectivity index (χ2v) is 6.03. The van der Waals surface area contributed by atoms with Gasteiger partial charge in [-0.1, -0.05) is 19.1 Å². The van der Waals surface area contributed by atoms with Crippen LogP contribution >= 0.6 is 0 Å². The molecule has 1 fully saturated rings. The van der Waals surface area contributed by atoms with Crippen LogP contribution < -0.4 is 10.6 Å². The lowest BCUT2D eigenvalue weighted by atomic mass is 10.0. The van der Waals surface area contributed by atoms with Crippen LogP contribution in [0.4, 0.5) is 4.39 Å². The first-order valence-corrected chi connectivity index (χ1v) is 8.08. The zero-order chi connectivity index (χ0) is 15.8. The Balaban J connectivity index is 1.69. The molecule has 0 radical (unpaired) electrons. The number of aliphatic imine (C=N–C) groups is 1. The van der Waals surface area contributed by atoms with Crippen molar-refractivity contribution in [3.05, 3.63) is 35.6 Å². The summed E-state index contributed by atoms with van der Waals surface area (Å²) in [7, 11) is 1.75. The molecule has 1 heterocycles. The van der Waals surface area contributed by atoms with Gasteiger partial charge in [0.05, 0.1) is 0 Å². The van der Waals surface area contributed by atoms with Crippen molar-refractivity contribution in [1.29, 1.82) is 0 Å². The van der Waals surface area contributed by atoms with Crippen LogP contribution in [-0.4, -0.2) is 44.1 Å². The molecular weight excluding hydrogens is 279 g/mol. The van der Waals surface area contributed by atoms with E-state index in [2.05, 4.69) is 27.4 Å². The molecule has 22 heavy (non-hydrogen) atoms. The monoisotopic (exact) mass is 306 g/mol. The van der Waals surface area contributed by atoms with Crippen LogP contribution in [0.3, 0.4) is 0 Å². The molecule has 2 N–H and O–H groups in total. The van der Waals surface area contributed by atoms with E-state index in [0.717, 1.165) is 30.5 Å². The van der Waals surface area contributed by atoms with Crippen molar-refractivity contribution in [3.63, 3.8) is 0 Å². The topological polar surface area (TPSA) is 39.7 Å². The van der Waals surface area contributed by atoms with E-state index in [1.54, 1.807) is 13.1 Å². The van der Waals surface area contributed by atoms with Crippen LogP contribution in [0.1, 0.15) is 25.3 Å². The Hall–Kier alpha value is -1.62. The van der Waals surface area contributed by atoms with E-state index in [-0.39, 0.29) is 5.82 Å². The average molecular weight is 306 g/mol. The van der Waals surface area contributed by atoms with Crippen molar-refractivity contribution in [2.45, 2.75) is 26.3 Å². The fraction of sp³-hybridized carbons (Fsp3) is 0.588. The zero-order valence-corrected chi connectivity index (χ0v) is 13.6. The third-order valence-electron chi connectivity index (χ3n) is 4.03. The number of hydrogen-bond donors (Lipinski definition) is 2. The normalized spacial score (nSPS) is 20.0. The first-order chi connectivity index (χ1) is 10.7. The van der Waals surface area contributed by atoms with E-state index in [4.69, 9.17) is 0 Å². The maximum Gasteiger partial charge on any atom is 0.191 e. The van der Waals surface area contributed by atoms with Gasteiger partial charge in [-0.2, -0.15) is 0 Å². The van der Waals surface area contributed by atoms with Crippen molar-refractivity contribution in [3.8, 4) is 0 Å². The number of rotatable bonds is 5. The van der Waals surface area contributed by atoms with Gasteiger partial charge < -0.3 is 15.5 Å². The second-order valence-electron chi connectivity index (χ2n) is 6.03. The molecule has 0 bridgehead atoms. The lowest BCUT2D eigenvalue weighted by Gasteiger charge is -2.30. The highest BCUT2D eigenvalue weighted by Gasteiger charge is 2.15. The summed E-state index contributed by atoms with van der Waals surface area (Å²) in [6.07, 6.45) is 2.65. The molecule has 0 aliphatic carbocycles. The Morgan fingerprint density at radius 3 is 3.00 bits per heavy atom. The van der Waals surface area contributed by atoms with Crippen LogP contribution in [-0.2, 0) is 6.54 Å². The molecule has 4 nitrogen and oxygen atoms in total. The molecule has 0 spiro atoms. The van der Waals surface area contributed by atoms with Gasteiger partial charge in [-0.3, -0.25) is 4.99 Å². The Labute approximate surface area is 132 Å². The second kappa shape index (κ2) is 8.73. The van der Waals surface area contributed by atoms with Crippen LogP contribution in [0.2, 0.25) is 0 Å². The molecule has 0 saturated carbocycles. The third-order valence-corrected chi connectivity index (χ3v) is 4.03. The molecule has 0 amide bonds. The number of benzene rings is 1. The zero-order valence-electron chi connectivity index (χ0n) is 13.6. The molecule has 1 aliphatic heterocycles. The maximum atomic E-state index is 13.1. The molecule has 1 unspecified atom stereocenters. The summed E-state index contributed by atoms with van der Waals surface area (Å²) >= 11 is 0. The predicted molar refractivity (Wildman–Crippen MR) is 89.4 cm³/mol. The number of nitrogens with one attached hydrogen (secondary N) is 2. The summed E-state index contributed by atoms with van der Waals surface area (Å²) in [5.74, 6) is 1.36. The van der Waals surface area contributed by atoms with Crippen molar-refractivity contribution < 1.29 is 4.39 Å². The minimum atomic E-state index is -0.207. The highest BCUT2D eigenvalue weighted by molar-refractivity contribution is 5.79. The summed E-state index contributed by atoms with van der Waals surface area (Å²) in [4.78, 5) is 6.71. The largest absolute Gasteiger partial charge is 0.355 e. The van der Waals surface area contributed by atoms with E-state index in [1.165, 1.54) is 38.1 Å². The summed E-state index contributed by atoms with van der Waals surface area (Å²) in [5, 5.41) is 6.53. The summed E-state index contributed by atoms with van der Waals surface area (Å²) < 4.78 is 13.1. The number of nitrogens with zero attached hydrogens (tertiary/aromatic N) is 2. The molecule has 2 rings (SSSR count). The number of halogens is 1. The van der Waals surface area contributed by atoms with Crippen molar-refractivity contribution >= 4 is 5.96 Å². The molecule has 1 atom stereocenters. The quantitative estimate of drug-likeness (QED) is 0.647. The molecule has 0 aromatic heterocycles. The minimum Gasteiger partial charge on any atom is -0.355 e. The minimum absolute atomic E-state index is 0.207. The number of likely N-dealkylation sites (tertiary alicyclic amines) is 1. The van der Waals surface area contributed by atoms with E-state index >= 15 is 0 Å². The van der Waals surface area contributed by atoms with Crippen molar-refractivity contribution in [2.75, 3.05) is 33.2 Å². The number of piperidine rings is 1. The molecule has 1 saturated heterocycles. The maximum absolute atomic E-state index is 13.1. The summed E-state index contributed by atoms with van der Waals surface area (Å²) in [6.45, 7) is 7.18. The van der Waals surface area contributed by atoms with Gasteiger partial charge in [0.1, 0.15) is 5.82 Å². The molecular formula is C17H27FN4. The van der Waals surface area contributed by atoms with E-state index in [9.17, 15) is 4.39 Å². The standard InChI is InChI=1S/C17H27FN4/c1-14-5-4-9-22(13-14)10-8-20-17(19-2)21-12-15-6-3-7-16(18)11-15/h3,6-7,11,14H,4-5,8-10,12-13H2,1-2H3,(H2,19,20,21).